The third-order valence-corrected chi connectivity index (χ3v) is 7.20. The Morgan fingerprint density at radius 2 is 1.74 bits per heavy atom. The van der Waals surface area contributed by atoms with Crippen LogP contribution in [-0.2, 0) is 20.7 Å². The van der Waals surface area contributed by atoms with Crippen LogP contribution in [0.2, 0.25) is 10.0 Å². The van der Waals surface area contributed by atoms with Gasteiger partial charge in [0.05, 0.1) is 22.7 Å². The second kappa shape index (κ2) is 12.9. The number of nitrogen functional groups attached to an aromatic ring is 1. The first kappa shape index (κ1) is 28.3. The van der Waals surface area contributed by atoms with Gasteiger partial charge in [-0.1, -0.05) is 59.6 Å². The number of carbonyl (C=O) groups excluding carboxylic acids is 3. The molecule has 0 bridgehead atoms. The number of aryl methyl sites for hydroxylation is 1. The number of amides is 2. The molecule has 3 aromatic carbocycles. The molecule has 0 saturated carbocycles. The van der Waals surface area contributed by atoms with Crippen molar-refractivity contribution in [1.82, 2.24) is 10.6 Å². The third kappa shape index (κ3) is 7.02. The number of esters is 1. The van der Waals surface area contributed by atoms with E-state index in [9.17, 15) is 14.4 Å². The van der Waals surface area contributed by atoms with Gasteiger partial charge in [0.25, 0.3) is 5.91 Å². The molecule has 8 nitrogen and oxygen atoms in total. The average molecular weight is 569 g/mol. The number of methoxy groups -OCH3 is 1. The molecule has 4 N–H and O–H groups in total. The number of nitrogens with two attached hydrogens (primary N) is 1. The Labute approximate surface area is 237 Å². The Morgan fingerprint density at radius 3 is 2.44 bits per heavy atom. The van der Waals surface area contributed by atoms with Crippen LogP contribution >= 0.6 is 23.2 Å². The van der Waals surface area contributed by atoms with E-state index in [2.05, 4.69) is 15.5 Å². The first-order valence-corrected chi connectivity index (χ1v) is 13.4. The summed E-state index contributed by atoms with van der Waals surface area (Å²) in [5.74, 6) is -1.63. The maximum absolute atomic E-state index is 13.1. The molecular formula is C29H30Cl2N4O4. The fraction of sp³-hybridized carbons (Fsp3) is 0.276. The summed E-state index contributed by atoms with van der Waals surface area (Å²) in [6.07, 6.45) is 2.17. The minimum atomic E-state index is -1.14. The lowest BCUT2D eigenvalue weighted by Crippen LogP contribution is -2.49. The number of rotatable bonds is 9. The summed E-state index contributed by atoms with van der Waals surface area (Å²) < 4.78 is 4.83. The van der Waals surface area contributed by atoms with Gasteiger partial charge in [0.1, 0.15) is 6.04 Å². The van der Waals surface area contributed by atoms with Crippen molar-refractivity contribution in [3.05, 3.63) is 81.8 Å². The molecule has 1 unspecified atom stereocenters. The molecule has 0 radical (unpaired) electrons. The standard InChI is InChI=1S/C29H30Cl2N4O4/c1-39-29(38)24(17-33-26(36)11-13-35-12-5-8-19-9-10-21(32)16-25(19)35)34-28(37)27-22(30)14-20(15-23(27)31)18-6-3-2-4-7-18/h2-4,6-7,9-10,14-16,24H,5,8,11-13,17,32H2,1H3,(H,33,36)(H,34,37). The van der Waals surface area contributed by atoms with E-state index in [-0.39, 0.29) is 34.5 Å². The third-order valence-electron chi connectivity index (χ3n) is 6.60. The summed E-state index contributed by atoms with van der Waals surface area (Å²) in [6.45, 7) is 1.17. The molecule has 1 atom stereocenters. The summed E-state index contributed by atoms with van der Waals surface area (Å²) in [7, 11) is 1.21. The summed E-state index contributed by atoms with van der Waals surface area (Å²) >= 11 is 12.8. The molecule has 0 fully saturated rings. The predicted octanol–water partition coefficient (Wildman–Crippen LogP) is 4.47. The van der Waals surface area contributed by atoms with Crippen molar-refractivity contribution in [2.45, 2.75) is 25.3 Å². The van der Waals surface area contributed by atoms with E-state index in [1.807, 2.05) is 48.5 Å². The molecule has 39 heavy (non-hydrogen) atoms. The maximum Gasteiger partial charge on any atom is 0.330 e. The minimum absolute atomic E-state index is 0.0290. The maximum atomic E-state index is 13.1. The van der Waals surface area contributed by atoms with Crippen molar-refractivity contribution in [1.29, 1.82) is 0 Å². The normalized spacial score (nSPS) is 13.3. The van der Waals surface area contributed by atoms with E-state index in [1.54, 1.807) is 12.1 Å². The fourth-order valence-electron chi connectivity index (χ4n) is 4.59. The van der Waals surface area contributed by atoms with Crippen LogP contribution in [0.25, 0.3) is 11.1 Å². The van der Waals surface area contributed by atoms with Crippen LogP contribution in [0.15, 0.2) is 60.7 Å². The number of hydrogen-bond donors (Lipinski definition) is 3. The van der Waals surface area contributed by atoms with Crippen molar-refractivity contribution in [2.24, 2.45) is 0 Å². The van der Waals surface area contributed by atoms with Crippen LogP contribution in [0.1, 0.15) is 28.8 Å². The van der Waals surface area contributed by atoms with Gasteiger partial charge in [-0.25, -0.2) is 4.79 Å². The van der Waals surface area contributed by atoms with Crippen LogP contribution in [0.3, 0.4) is 0 Å². The molecule has 1 aliphatic rings. The van der Waals surface area contributed by atoms with Gasteiger partial charge >= 0.3 is 5.97 Å². The lowest BCUT2D eigenvalue weighted by Gasteiger charge is -2.31. The molecule has 204 valence electrons. The van der Waals surface area contributed by atoms with Crippen LogP contribution < -0.4 is 21.3 Å². The summed E-state index contributed by atoms with van der Waals surface area (Å²) in [6, 6.07) is 17.4. The number of nitrogens with zero attached hydrogens (tertiary/aromatic N) is 1. The van der Waals surface area contributed by atoms with Crippen molar-refractivity contribution >= 4 is 52.4 Å². The Morgan fingerprint density at radius 1 is 1.03 bits per heavy atom. The first-order chi connectivity index (χ1) is 18.8. The number of hydrogen-bond acceptors (Lipinski definition) is 6. The molecule has 10 heteroatoms. The van der Waals surface area contributed by atoms with E-state index in [4.69, 9.17) is 33.7 Å². The highest BCUT2D eigenvalue weighted by molar-refractivity contribution is 6.40. The highest BCUT2D eigenvalue weighted by Gasteiger charge is 2.26. The van der Waals surface area contributed by atoms with E-state index in [1.165, 1.54) is 12.7 Å². The Kier molecular flexibility index (Phi) is 9.32. The molecule has 0 saturated heterocycles. The quantitative estimate of drug-likeness (QED) is 0.259. The predicted molar refractivity (Wildman–Crippen MR) is 154 cm³/mol. The zero-order valence-corrected chi connectivity index (χ0v) is 23.0. The molecular weight excluding hydrogens is 539 g/mol. The Hall–Kier alpha value is -3.75. The second-order valence-electron chi connectivity index (χ2n) is 9.26. The Balaban J connectivity index is 1.37. The summed E-state index contributed by atoms with van der Waals surface area (Å²) in [4.78, 5) is 40.3. The van der Waals surface area contributed by atoms with Gasteiger partial charge in [-0.15, -0.1) is 0 Å². The summed E-state index contributed by atoms with van der Waals surface area (Å²) in [5.41, 5.74) is 10.5. The number of anilines is 2. The van der Waals surface area contributed by atoms with Crippen molar-refractivity contribution in [3.63, 3.8) is 0 Å². The topological polar surface area (TPSA) is 114 Å². The molecule has 2 amide bonds. The van der Waals surface area contributed by atoms with Crippen LogP contribution in [0.5, 0.6) is 0 Å². The lowest BCUT2D eigenvalue weighted by molar-refractivity contribution is -0.142. The van der Waals surface area contributed by atoms with Gasteiger partial charge in [-0.3, -0.25) is 9.59 Å². The Bertz CT molecular complexity index is 1340. The number of benzene rings is 3. The van der Waals surface area contributed by atoms with Gasteiger partial charge in [0.2, 0.25) is 5.91 Å². The summed E-state index contributed by atoms with van der Waals surface area (Å²) in [5, 5.41) is 5.57. The number of carbonyl (C=O) groups is 3. The first-order valence-electron chi connectivity index (χ1n) is 12.6. The zero-order valence-electron chi connectivity index (χ0n) is 21.5. The smallest absolute Gasteiger partial charge is 0.330 e. The largest absolute Gasteiger partial charge is 0.467 e. The monoisotopic (exact) mass is 568 g/mol. The van der Waals surface area contributed by atoms with Gasteiger partial charge < -0.3 is 26.0 Å². The molecule has 0 aliphatic carbocycles. The minimum Gasteiger partial charge on any atom is -0.467 e. The molecule has 1 aliphatic heterocycles. The lowest BCUT2D eigenvalue weighted by atomic mass is 10.0. The van der Waals surface area contributed by atoms with Crippen LogP contribution in [-0.4, -0.2) is 50.6 Å². The van der Waals surface area contributed by atoms with Gasteiger partial charge in [0, 0.05) is 37.4 Å². The van der Waals surface area contributed by atoms with Gasteiger partial charge in [-0.05, 0) is 53.8 Å². The highest BCUT2D eigenvalue weighted by atomic mass is 35.5. The van der Waals surface area contributed by atoms with Gasteiger partial charge in [0.15, 0.2) is 0 Å². The molecule has 0 spiro atoms. The van der Waals surface area contributed by atoms with Crippen LogP contribution in [0.4, 0.5) is 11.4 Å². The molecule has 1 heterocycles. The molecule has 4 rings (SSSR count). The average Bonchev–Trinajstić information content (AvgIpc) is 2.93. The van der Waals surface area contributed by atoms with Crippen molar-refractivity contribution in [2.75, 3.05) is 37.4 Å². The van der Waals surface area contributed by atoms with E-state index in [0.717, 1.165) is 36.2 Å². The zero-order chi connectivity index (χ0) is 27.9. The number of nitrogens with one attached hydrogen (secondary N) is 2. The van der Waals surface area contributed by atoms with Crippen molar-refractivity contribution in [3.8, 4) is 11.1 Å². The number of ether oxygens (including phenoxy) is 1. The van der Waals surface area contributed by atoms with E-state index in [0.29, 0.717) is 12.2 Å². The van der Waals surface area contributed by atoms with E-state index < -0.39 is 17.9 Å². The fourth-order valence-corrected chi connectivity index (χ4v) is 5.25. The second-order valence-corrected chi connectivity index (χ2v) is 10.1. The number of fused-ring (bicyclic) bond motifs is 1. The van der Waals surface area contributed by atoms with E-state index >= 15 is 0 Å². The SMILES string of the molecule is COC(=O)C(CNC(=O)CCN1CCCc2ccc(N)cc21)NC(=O)c1c(Cl)cc(-c2ccccc2)cc1Cl. The van der Waals surface area contributed by atoms with Gasteiger partial charge in [-0.2, -0.15) is 0 Å². The van der Waals surface area contributed by atoms with Crippen molar-refractivity contribution < 1.29 is 19.1 Å². The molecule has 3 aromatic rings. The highest BCUT2D eigenvalue weighted by Crippen LogP contribution is 2.32. The molecule has 0 aromatic heterocycles. The number of halogens is 2. The van der Waals surface area contributed by atoms with Crippen LogP contribution in [0, 0.1) is 0 Å².